The fourth-order valence-corrected chi connectivity index (χ4v) is 3.20. The van der Waals surface area contributed by atoms with Crippen molar-refractivity contribution in [2.45, 2.75) is 6.54 Å². The molecular weight excluding hydrogens is 278 g/mol. The molecule has 0 spiro atoms. The molecule has 2 heterocycles. The van der Waals surface area contributed by atoms with Crippen LogP contribution in [-0.4, -0.2) is 17.6 Å². The highest BCUT2D eigenvalue weighted by Crippen LogP contribution is 2.36. The van der Waals surface area contributed by atoms with Gasteiger partial charge in [0.05, 0.1) is 24.9 Å². The summed E-state index contributed by atoms with van der Waals surface area (Å²) in [4.78, 5) is 25.1. The summed E-state index contributed by atoms with van der Waals surface area (Å²) in [5.41, 5.74) is 3.01. The Morgan fingerprint density at radius 3 is 2.50 bits per heavy atom. The van der Waals surface area contributed by atoms with Crippen LogP contribution in [0.1, 0.15) is 15.9 Å². The summed E-state index contributed by atoms with van der Waals surface area (Å²) in [5.74, 6) is -0.420. The molecule has 108 valence electrons. The Morgan fingerprint density at radius 2 is 1.73 bits per heavy atom. The molecular formula is C18H13NO3. The van der Waals surface area contributed by atoms with Gasteiger partial charge < -0.3 is 9.30 Å². The lowest BCUT2D eigenvalue weighted by molar-refractivity contribution is 0.0603. The zero-order valence-corrected chi connectivity index (χ0v) is 12.0. The van der Waals surface area contributed by atoms with E-state index in [1.54, 1.807) is 22.8 Å². The first-order chi connectivity index (χ1) is 10.7. The third-order valence-corrected chi connectivity index (χ3v) is 4.17. The summed E-state index contributed by atoms with van der Waals surface area (Å²) in [5, 5.41) is 1.18. The van der Waals surface area contributed by atoms with E-state index in [0.717, 1.165) is 11.1 Å². The molecule has 4 heteroatoms. The van der Waals surface area contributed by atoms with E-state index < -0.39 is 5.97 Å². The standard InChI is InChI=1S/C18H13NO3/c1-22-18(21)15-13-8-4-5-9-14(13)17(20)19-10-11-6-2-3-7-12(11)16(15)19/h2-9H,10H2,1H3. The van der Waals surface area contributed by atoms with Crippen LogP contribution in [0, 0.1) is 0 Å². The van der Waals surface area contributed by atoms with Crippen LogP contribution in [0.4, 0.5) is 0 Å². The summed E-state index contributed by atoms with van der Waals surface area (Å²) in [7, 11) is 1.36. The zero-order chi connectivity index (χ0) is 15.3. The minimum absolute atomic E-state index is 0.0746. The molecule has 0 amide bonds. The Morgan fingerprint density at radius 1 is 1.05 bits per heavy atom. The second-order valence-electron chi connectivity index (χ2n) is 5.31. The van der Waals surface area contributed by atoms with Crippen LogP contribution >= 0.6 is 0 Å². The number of nitrogens with zero attached hydrogens (tertiary/aromatic N) is 1. The van der Waals surface area contributed by atoms with Gasteiger partial charge in [-0.25, -0.2) is 4.79 Å². The summed E-state index contributed by atoms with van der Waals surface area (Å²) in [6, 6.07) is 14.9. The molecule has 0 bridgehead atoms. The molecule has 0 fully saturated rings. The fraction of sp³-hybridized carbons (Fsp3) is 0.111. The van der Waals surface area contributed by atoms with E-state index in [-0.39, 0.29) is 5.56 Å². The summed E-state index contributed by atoms with van der Waals surface area (Å²) < 4.78 is 6.64. The monoisotopic (exact) mass is 291 g/mol. The number of pyridine rings is 1. The predicted molar refractivity (Wildman–Crippen MR) is 84.1 cm³/mol. The number of hydrogen-bond acceptors (Lipinski definition) is 3. The molecule has 0 unspecified atom stereocenters. The van der Waals surface area contributed by atoms with Crippen molar-refractivity contribution in [3.63, 3.8) is 0 Å². The Labute approximate surface area is 126 Å². The highest BCUT2D eigenvalue weighted by molar-refractivity contribution is 6.09. The van der Waals surface area contributed by atoms with Crippen molar-refractivity contribution in [2.24, 2.45) is 0 Å². The average Bonchev–Trinajstić information content (AvgIpc) is 2.95. The number of carbonyl (C=O) groups excluding carboxylic acids is 1. The highest BCUT2D eigenvalue weighted by atomic mass is 16.5. The van der Waals surface area contributed by atoms with Crippen LogP contribution in [0.3, 0.4) is 0 Å². The molecule has 0 N–H and O–H groups in total. The SMILES string of the molecule is COC(=O)c1c2n(c(=O)c3ccccc13)Cc1ccccc1-2. The van der Waals surface area contributed by atoms with Crippen molar-refractivity contribution in [1.82, 2.24) is 4.57 Å². The second kappa shape index (κ2) is 4.56. The Hall–Kier alpha value is -2.88. The minimum atomic E-state index is -0.420. The van der Waals surface area contributed by atoms with Gasteiger partial charge in [-0.1, -0.05) is 42.5 Å². The van der Waals surface area contributed by atoms with E-state index in [0.29, 0.717) is 28.6 Å². The van der Waals surface area contributed by atoms with Crippen LogP contribution in [0.2, 0.25) is 0 Å². The molecule has 0 radical (unpaired) electrons. The van der Waals surface area contributed by atoms with Gasteiger partial charge in [0, 0.05) is 16.3 Å². The van der Waals surface area contributed by atoms with Crippen LogP contribution in [0.15, 0.2) is 53.3 Å². The van der Waals surface area contributed by atoms with Gasteiger partial charge in [0.25, 0.3) is 5.56 Å². The van der Waals surface area contributed by atoms with Gasteiger partial charge in [-0.3, -0.25) is 4.79 Å². The van der Waals surface area contributed by atoms with Crippen molar-refractivity contribution in [1.29, 1.82) is 0 Å². The maximum Gasteiger partial charge on any atom is 0.340 e. The molecule has 2 aromatic carbocycles. The highest BCUT2D eigenvalue weighted by Gasteiger charge is 2.28. The quantitative estimate of drug-likeness (QED) is 0.507. The topological polar surface area (TPSA) is 48.3 Å². The number of carbonyl (C=O) groups is 1. The van der Waals surface area contributed by atoms with Crippen molar-refractivity contribution >= 4 is 16.7 Å². The maximum absolute atomic E-state index is 12.8. The largest absolute Gasteiger partial charge is 0.465 e. The van der Waals surface area contributed by atoms with E-state index in [1.807, 2.05) is 30.3 Å². The Kier molecular flexibility index (Phi) is 2.66. The number of ether oxygens (including phenoxy) is 1. The van der Waals surface area contributed by atoms with E-state index in [2.05, 4.69) is 0 Å². The molecule has 22 heavy (non-hydrogen) atoms. The molecule has 3 aromatic rings. The van der Waals surface area contributed by atoms with Crippen LogP contribution < -0.4 is 5.56 Å². The number of aromatic nitrogens is 1. The normalized spacial score (nSPS) is 12.0. The van der Waals surface area contributed by atoms with E-state index in [9.17, 15) is 9.59 Å². The Balaban J connectivity index is 2.23. The number of esters is 1. The van der Waals surface area contributed by atoms with Crippen molar-refractivity contribution < 1.29 is 9.53 Å². The van der Waals surface area contributed by atoms with Gasteiger partial charge in [0.2, 0.25) is 0 Å². The number of rotatable bonds is 1. The number of hydrogen-bond donors (Lipinski definition) is 0. The molecule has 0 saturated heterocycles. The molecule has 1 aliphatic rings. The van der Waals surface area contributed by atoms with Gasteiger partial charge in [-0.15, -0.1) is 0 Å². The smallest absolute Gasteiger partial charge is 0.340 e. The lowest BCUT2D eigenvalue weighted by Crippen LogP contribution is -2.22. The van der Waals surface area contributed by atoms with Crippen molar-refractivity contribution in [3.05, 3.63) is 70.0 Å². The number of benzene rings is 2. The summed E-state index contributed by atoms with van der Waals surface area (Å²) in [6.07, 6.45) is 0. The van der Waals surface area contributed by atoms with Gasteiger partial charge in [0.15, 0.2) is 0 Å². The van der Waals surface area contributed by atoms with Crippen LogP contribution in [0.25, 0.3) is 22.0 Å². The first-order valence-electron chi connectivity index (χ1n) is 7.04. The van der Waals surface area contributed by atoms with Gasteiger partial charge in [-0.2, -0.15) is 0 Å². The first-order valence-corrected chi connectivity index (χ1v) is 7.04. The van der Waals surface area contributed by atoms with Crippen molar-refractivity contribution in [2.75, 3.05) is 7.11 Å². The summed E-state index contributed by atoms with van der Waals surface area (Å²) >= 11 is 0. The fourth-order valence-electron chi connectivity index (χ4n) is 3.20. The van der Waals surface area contributed by atoms with E-state index >= 15 is 0 Å². The lowest BCUT2D eigenvalue weighted by atomic mass is 9.99. The first kappa shape index (κ1) is 12.8. The minimum Gasteiger partial charge on any atom is -0.465 e. The van der Waals surface area contributed by atoms with E-state index in [4.69, 9.17) is 4.74 Å². The third-order valence-electron chi connectivity index (χ3n) is 4.17. The lowest BCUT2D eigenvalue weighted by Gasteiger charge is -2.12. The van der Waals surface area contributed by atoms with Crippen molar-refractivity contribution in [3.8, 4) is 11.3 Å². The molecule has 1 aliphatic heterocycles. The third kappa shape index (κ3) is 1.58. The molecule has 1 aromatic heterocycles. The predicted octanol–water partition coefficient (Wildman–Crippen LogP) is 2.82. The van der Waals surface area contributed by atoms with Crippen LogP contribution in [0.5, 0.6) is 0 Å². The van der Waals surface area contributed by atoms with Crippen LogP contribution in [-0.2, 0) is 11.3 Å². The second-order valence-corrected chi connectivity index (χ2v) is 5.31. The molecule has 4 rings (SSSR count). The number of methoxy groups -OCH3 is 1. The van der Waals surface area contributed by atoms with E-state index in [1.165, 1.54) is 7.11 Å². The molecule has 0 aliphatic carbocycles. The Bertz CT molecular complexity index is 985. The number of fused-ring (bicyclic) bond motifs is 4. The maximum atomic E-state index is 12.8. The molecule has 0 saturated carbocycles. The molecule has 0 atom stereocenters. The van der Waals surface area contributed by atoms with Gasteiger partial charge in [0.1, 0.15) is 0 Å². The zero-order valence-electron chi connectivity index (χ0n) is 12.0. The van der Waals surface area contributed by atoms with Gasteiger partial charge >= 0.3 is 5.97 Å². The van der Waals surface area contributed by atoms with Gasteiger partial charge in [-0.05, 0) is 11.6 Å². The summed E-state index contributed by atoms with van der Waals surface area (Å²) in [6.45, 7) is 0.485. The molecule has 4 nitrogen and oxygen atoms in total. The average molecular weight is 291 g/mol.